The molecule has 8 nitrogen and oxygen atoms in total. The van der Waals surface area contributed by atoms with Gasteiger partial charge in [0.1, 0.15) is 17.8 Å². The first kappa shape index (κ1) is 33.2. The van der Waals surface area contributed by atoms with Gasteiger partial charge in [0.05, 0.1) is 19.5 Å². The van der Waals surface area contributed by atoms with E-state index in [0.29, 0.717) is 17.1 Å². The number of aromatic nitrogens is 3. The van der Waals surface area contributed by atoms with Crippen LogP contribution in [0.2, 0.25) is 0 Å². The standard InChI is InChI=1S/C32H33F5N6O2S/c1-20(2)26-14-13-25(44-3)17-27(26)42-15-4-16-46-31(42)39-18-38-29(34)28(33)21-5-7-22(8-6-21)30-40-19-43(41-30)23-9-11-24(12-10-23)45-32(35,36)37/h5-14,17,19-20,28-29,38H,4,15-16,18H2,1-3H3/b39-31-. The zero-order chi connectivity index (χ0) is 32.8. The summed E-state index contributed by atoms with van der Waals surface area (Å²) in [6.45, 7) is 4.89. The van der Waals surface area contributed by atoms with Gasteiger partial charge in [-0.15, -0.1) is 18.3 Å². The Morgan fingerprint density at radius 1 is 1.00 bits per heavy atom. The minimum atomic E-state index is -4.79. The van der Waals surface area contributed by atoms with Crippen molar-refractivity contribution < 1.29 is 31.4 Å². The van der Waals surface area contributed by atoms with E-state index < -0.39 is 18.8 Å². The molecule has 244 valence electrons. The minimum Gasteiger partial charge on any atom is -0.497 e. The van der Waals surface area contributed by atoms with Crippen molar-refractivity contribution in [3.05, 3.63) is 84.2 Å². The molecule has 14 heteroatoms. The number of nitrogens with one attached hydrogen (secondary N) is 1. The number of hydrogen-bond donors (Lipinski definition) is 1. The monoisotopic (exact) mass is 660 g/mol. The van der Waals surface area contributed by atoms with Crippen LogP contribution in [0.1, 0.15) is 43.5 Å². The van der Waals surface area contributed by atoms with E-state index in [1.54, 1.807) is 31.0 Å². The lowest BCUT2D eigenvalue weighted by atomic mass is 10.00. The largest absolute Gasteiger partial charge is 0.573 e. The fraction of sp³-hybridized carbons (Fsp3) is 0.344. The first-order valence-electron chi connectivity index (χ1n) is 14.5. The highest BCUT2D eigenvalue weighted by molar-refractivity contribution is 8.14. The van der Waals surface area contributed by atoms with Crippen LogP contribution in [0.15, 0.2) is 78.0 Å². The predicted molar refractivity (Wildman–Crippen MR) is 169 cm³/mol. The van der Waals surface area contributed by atoms with Crippen LogP contribution in [0, 0.1) is 0 Å². The molecule has 0 aliphatic carbocycles. The molecule has 1 aliphatic rings. The number of amidine groups is 1. The van der Waals surface area contributed by atoms with Crippen molar-refractivity contribution in [1.29, 1.82) is 0 Å². The Bertz CT molecular complexity index is 1630. The van der Waals surface area contributed by atoms with Crippen LogP contribution in [-0.2, 0) is 0 Å². The maximum Gasteiger partial charge on any atom is 0.573 e. The molecule has 5 rings (SSSR count). The highest BCUT2D eigenvalue weighted by Gasteiger charge is 2.31. The highest BCUT2D eigenvalue weighted by atomic mass is 32.2. The number of anilines is 1. The van der Waals surface area contributed by atoms with Crippen molar-refractivity contribution in [2.45, 2.75) is 45.0 Å². The topological polar surface area (TPSA) is 76.8 Å². The molecule has 0 saturated carbocycles. The lowest BCUT2D eigenvalue weighted by molar-refractivity contribution is -0.274. The SMILES string of the molecule is COc1ccc(C(C)C)c(N2CCCS/C2=N\CNC(F)C(F)c2ccc(-c3ncn(-c4ccc(OC(F)(F)F)cc4)n3)cc2)c1. The lowest BCUT2D eigenvalue weighted by Gasteiger charge is -2.32. The van der Waals surface area contributed by atoms with Crippen LogP contribution in [0.5, 0.6) is 11.5 Å². The molecule has 2 unspecified atom stereocenters. The molecule has 0 spiro atoms. The Morgan fingerprint density at radius 3 is 2.39 bits per heavy atom. The molecule has 1 fully saturated rings. The molecule has 0 amide bonds. The molecular formula is C32H33F5N6O2S. The summed E-state index contributed by atoms with van der Waals surface area (Å²) in [6, 6.07) is 17.2. The quantitative estimate of drug-likeness (QED) is 0.130. The molecule has 2 atom stereocenters. The molecular weight excluding hydrogens is 627 g/mol. The van der Waals surface area contributed by atoms with Crippen molar-refractivity contribution in [3.8, 4) is 28.6 Å². The molecule has 2 heterocycles. The number of rotatable bonds is 11. The van der Waals surface area contributed by atoms with Crippen LogP contribution in [-0.4, -0.2) is 58.7 Å². The van der Waals surface area contributed by atoms with Crippen molar-refractivity contribution in [3.63, 3.8) is 0 Å². The summed E-state index contributed by atoms with van der Waals surface area (Å²) in [6.07, 6.45) is -6.37. The molecule has 46 heavy (non-hydrogen) atoms. The van der Waals surface area contributed by atoms with E-state index in [1.807, 2.05) is 18.2 Å². The molecule has 1 aromatic heterocycles. The van der Waals surface area contributed by atoms with E-state index in [4.69, 9.17) is 4.74 Å². The number of halogens is 5. The fourth-order valence-corrected chi connectivity index (χ4v) is 5.85. The Kier molecular flexibility index (Phi) is 10.5. The number of alkyl halides is 5. The second-order valence-corrected chi connectivity index (χ2v) is 11.8. The van der Waals surface area contributed by atoms with E-state index in [2.05, 4.69) is 43.9 Å². The number of benzene rings is 3. The normalized spacial score (nSPS) is 16.1. The third-order valence-electron chi connectivity index (χ3n) is 7.21. The van der Waals surface area contributed by atoms with Gasteiger partial charge in [-0.3, -0.25) is 5.32 Å². The van der Waals surface area contributed by atoms with Crippen LogP contribution in [0.4, 0.5) is 27.6 Å². The van der Waals surface area contributed by atoms with Gasteiger partial charge >= 0.3 is 6.36 Å². The van der Waals surface area contributed by atoms with Crippen LogP contribution in [0.3, 0.4) is 0 Å². The van der Waals surface area contributed by atoms with Gasteiger partial charge in [0.2, 0.25) is 0 Å². The lowest BCUT2D eigenvalue weighted by Crippen LogP contribution is -2.36. The Morgan fingerprint density at radius 2 is 1.72 bits per heavy atom. The predicted octanol–water partition coefficient (Wildman–Crippen LogP) is 7.82. The van der Waals surface area contributed by atoms with Gasteiger partial charge in [-0.2, -0.15) is 0 Å². The molecule has 0 radical (unpaired) electrons. The van der Waals surface area contributed by atoms with Gasteiger partial charge in [-0.1, -0.05) is 55.9 Å². The van der Waals surface area contributed by atoms with Gasteiger partial charge in [0.25, 0.3) is 0 Å². The summed E-state index contributed by atoms with van der Waals surface area (Å²) in [7, 11) is 1.62. The van der Waals surface area contributed by atoms with Crippen molar-refractivity contribution >= 4 is 22.6 Å². The van der Waals surface area contributed by atoms with Gasteiger partial charge < -0.3 is 14.4 Å². The summed E-state index contributed by atoms with van der Waals surface area (Å²) in [5.41, 5.74) is 3.28. The van der Waals surface area contributed by atoms with Crippen LogP contribution in [0.25, 0.3) is 17.1 Å². The third-order valence-corrected chi connectivity index (χ3v) is 8.31. The summed E-state index contributed by atoms with van der Waals surface area (Å²) in [5.74, 6) is 1.83. The number of nitrogens with zero attached hydrogens (tertiary/aromatic N) is 5. The van der Waals surface area contributed by atoms with Crippen LogP contribution < -0.4 is 19.7 Å². The van der Waals surface area contributed by atoms with E-state index in [9.17, 15) is 17.6 Å². The van der Waals surface area contributed by atoms with Gasteiger partial charge in [-0.05, 0) is 53.8 Å². The smallest absolute Gasteiger partial charge is 0.497 e. The number of hydrogen-bond acceptors (Lipinski definition) is 7. The van der Waals surface area contributed by atoms with Crippen LogP contribution >= 0.6 is 11.8 Å². The van der Waals surface area contributed by atoms with E-state index >= 15 is 4.39 Å². The minimum absolute atomic E-state index is 0.107. The molecule has 1 aliphatic heterocycles. The van der Waals surface area contributed by atoms with Crippen molar-refractivity contribution in [2.24, 2.45) is 4.99 Å². The summed E-state index contributed by atoms with van der Waals surface area (Å²) in [4.78, 5) is 10.9. The summed E-state index contributed by atoms with van der Waals surface area (Å²) in [5, 5.41) is 7.62. The highest BCUT2D eigenvalue weighted by Crippen LogP contribution is 2.35. The molecule has 3 aromatic carbocycles. The first-order chi connectivity index (χ1) is 22.0. The van der Waals surface area contributed by atoms with Gasteiger partial charge in [-0.25, -0.2) is 23.4 Å². The van der Waals surface area contributed by atoms with Crippen molar-refractivity contribution in [1.82, 2.24) is 20.1 Å². The maximum atomic E-state index is 15.1. The summed E-state index contributed by atoms with van der Waals surface area (Å²) < 4.78 is 78.0. The number of aliphatic imine (C=N–C) groups is 1. The van der Waals surface area contributed by atoms with Crippen molar-refractivity contribution in [2.75, 3.05) is 31.0 Å². The average molecular weight is 661 g/mol. The van der Waals surface area contributed by atoms with E-state index in [0.717, 1.165) is 40.9 Å². The number of thioether (sulfide) groups is 1. The average Bonchev–Trinajstić information content (AvgIpc) is 3.54. The molecule has 1 N–H and O–H groups in total. The fourth-order valence-electron chi connectivity index (χ4n) is 4.90. The summed E-state index contributed by atoms with van der Waals surface area (Å²) >= 11 is 1.58. The zero-order valence-corrected chi connectivity index (χ0v) is 26.2. The molecule has 0 bridgehead atoms. The Balaban J connectivity index is 1.20. The van der Waals surface area contributed by atoms with Gasteiger partial charge in [0, 0.05) is 29.6 Å². The molecule has 1 saturated heterocycles. The van der Waals surface area contributed by atoms with Gasteiger partial charge in [0.15, 0.2) is 23.5 Å². The first-order valence-corrected chi connectivity index (χ1v) is 15.5. The second kappa shape index (κ2) is 14.5. The number of methoxy groups -OCH3 is 1. The van der Waals surface area contributed by atoms with E-state index in [-0.39, 0.29) is 23.9 Å². The molecule has 4 aromatic rings. The maximum absolute atomic E-state index is 15.1. The number of ether oxygens (including phenoxy) is 2. The zero-order valence-electron chi connectivity index (χ0n) is 25.3. The van der Waals surface area contributed by atoms with E-state index in [1.165, 1.54) is 47.4 Å². The third kappa shape index (κ3) is 8.15. The second-order valence-electron chi connectivity index (χ2n) is 10.7. The Labute approximate surface area is 267 Å². The Hall–Kier alpha value is -4.17.